The molecule has 0 aliphatic heterocycles. The zero-order valence-electron chi connectivity index (χ0n) is 11.6. The number of nitrogens with one attached hydrogen (secondary N) is 1. The van der Waals surface area contributed by atoms with Gasteiger partial charge in [-0.15, -0.1) is 0 Å². The summed E-state index contributed by atoms with van der Waals surface area (Å²) in [5, 5.41) is 3.80. The van der Waals surface area contributed by atoms with Crippen molar-refractivity contribution in [2.45, 2.75) is 32.7 Å². The molecule has 108 valence electrons. The van der Waals surface area contributed by atoms with Crippen LogP contribution in [0.5, 0.6) is 0 Å². The lowest BCUT2D eigenvalue weighted by molar-refractivity contribution is 0.482. The third-order valence-corrected chi connectivity index (χ3v) is 3.10. The molecule has 3 nitrogen and oxygen atoms in total. The molecule has 0 aliphatic carbocycles. The first-order valence-electron chi connectivity index (χ1n) is 6.70. The van der Waals surface area contributed by atoms with E-state index in [0.29, 0.717) is 28.3 Å². The van der Waals surface area contributed by atoms with Crippen LogP contribution in [0, 0.1) is 5.82 Å². The van der Waals surface area contributed by atoms with Gasteiger partial charge in [-0.05, 0) is 31.2 Å². The fraction of sp³-hybridized carbons (Fsp3) is 0.400. The zero-order chi connectivity index (χ0) is 14.5. The van der Waals surface area contributed by atoms with Crippen molar-refractivity contribution in [2.24, 2.45) is 0 Å². The van der Waals surface area contributed by atoms with E-state index in [1.54, 1.807) is 12.3 Å². The lowest BCUT2D eigenvalue weighted by atomic mass is 10.2. The first-order chi connectivity index (χ1) is 9.56. The van der Waals surface area contributed by atoms with Crippen molar-refractivity contribution < 1.29 is 8.81 Å². The Hall–Kier alpha value is -1.39. The minimum atomic E-state index is -0.362. The van der Waals surface area contributed by atoms with Crippen LogP contribution in [0.25, 0.3) is 11.3 Å². The third kappa shape index (κ3) is 4.05. The summed E-state index contributed by atoms with van der Waals surface area (Å²) in [7, 11) is 0. The molecule has 1 N–H and O–H groups in total. The van der Waals surface area contributed by atoms with Crippen LogP contribution in [0.3, 0.4) is 0 Å². The number of aryl methyl sites for hydroxylation is 1. The van der Waals surface area contributed by atoms with Crippen LogP contribution >= 0.6 is 11.6 Å². The number of hydrogen-bond acceptors (Lipinski definition) is 3. The van der Waals surface area contributed by atoms with E-state index < -0.39 is 0 Å². The summed E-state index contributed by atoms with van der Waals surface area (Å²) < 4.78 is 19.3. The van der Waals surface area contributed by atoms with Gasteiger partial charge in [0.25, 0.3) is 0 Å². The van der Waals surface area contributed by atoms with E-state index in [1.165, 1.54) is 12.1 Å². The van der Waals surface area contributed by atoms with Gasteiger partial charge in [-0.3, -0.25) is 0 Å². The predicted octanol–water partition coefficient (Wildman–Crippen LogP) is 4.06. The maximum atomic E-state index is 13.7. The van der Waals surface area contributed by atoms with E-state index >= 15 is 0 Å². The highest BCUT2D eigenvalue weighted by Gasteiger charge is 2.11. The molecule has 5 heteroatoms. The Labute approximate surface area is 123 Å². The molecule has 20 heavy (non-hydrogen) atoms. The maximum Gasteiger partial charge on any atom is 0.194 e. The van der Waals surface area contributed by atoms with Crippen molar-refractivity contribution in [2.75, 3.05) is 6.54 Å². The smallest absolute Gasteiger partial charge is 0.194 e. The number of oxazole rings is 1. The van der Waals surface area contributed by atoms with Crippen molar-refractivity contribution >= 4 is 11.6 Å². The van der Waals surface area contributed by atoms with Crippen molar-refractivity contribution in [1.82, 2.24) is 10.3 Å². The van der Waals surface area contributed by atoms with E-state index in [1.807, 2.05) is 0 Å². The number of benzene rings is 1. The van der Waals surface area contributed by atoms with Gasteiger partial charge in [-0.25, -0.2) is 9.37 Å². The summed E-state index contributed by atoms with van der Waals surface area (Å²) >= 11 is 5.87. The quantitative estimate of drug-likeness (QED) is 0.817. The van der Waals surface area contributed by atoms with E-state index in [-0.39, 0.29) is 5.82 Å². The number of nitrogens with zero attached hydrogens (tertiary/aromatic N) is 1. The second-order valence-electron chi connectivity index (χ2n) is 4.95. The molecule has 2 aromatic rings. The molecule has 0 atom stereocenters. The Kier molecular flexibility index (Phi) is 5.15. The van der Waals surface area contributed by atoms with Crippen LogP contribution in [0.1, 0.15) is 26.2 Å². The molecule has 0 unspecified atom stereocenters. The first kappa shape index (κ1) is 15.0. The number of hydrogen-bond donors (Lipinski definition) is 1. The van der Waals surface area contributed by atoms with E-state index in [0.717, 1.165) is 19.4 Å². The molecule has 2 rings (SSSR count). The van der Waals surface area contributed by atoms with Crippen molar-refractivity contribution in [3.8, 4) is 11.3 Å². The second-order valence-corrected chi connectivity index (χ2v) is 5.39. The molecule has 0 aliphatic rings. The molecule has 0 spiro atoms. The van der Waals surface area contributed by atoms with Crippen molar-refractivity contribution in [3.05, 3.63) is 41.1 Å². The predicted molar refractivity (Wildman–Crippen MR) is 78.4 cm³/mol. The summed E-state index contributed by atoms with van der Waals surface area (Å²) in [6, 6.07) is 4.85. The monoisotopic (exact) mass is 296 g/mol. The highest BCUT2D eigenvalue weighted by Crippen LogP contribution is 2.26. The van der Waals surface area contributed by atoms with Crippen LogP contribution in [0.15, 0.2) is 28.8 Å². The molecule has 1 aromatic heterocycles. The normalized spacial score (nSPS) is 11.2. The van der Waals surface area contributed by atoms with Gasteiger partial charge >= 0.3 is 0 Å². The van der Waals surface area contributed by atoms with Gasteiger partial charge in [0.1, 0.15) is 5.82 Å². The van der Waals surface area contributed by atoms with Crippen LogP contribution in [-0.4, -0.2) is 17.6 Å². The van der Waals surface area contributed by atoms with Crippen LogP contribution in [0.4, 0.5) is 4.39 Å². The van der Waals surface area contributed by atoms with Crippen molar-refractivity contribution in [1.29, 1.82) is 0 Å². The molecule has 1 aromatic carbocycles. The van der Waals surface area contributed by atoms with Gasteiger partial charge in [0.15, 0.2) is 11.7 Å². The molecule has 0 fully saturated rings. The zero-order valence-corrected chi connectivity index (χ0v) is 12.4. The standard InChI is InChI=1S/C15H18ClFN2O/c1-10(2)18-7-3-4-15-19-9-14(20-15)12-8-11(16)5-6-13(12)17/h5-6,8-10,18H,3-4,7H2,1-2H3. The Morgan fingerprint density at radius 2 is 2.20 bits per heavy atom. The maximum absolute atomic E-state index is 13.7. The fourth-order valence-corrected chi connectivity index (χ4v) is 2.04. The molecule has 0 bridgehead atoms. The second kappa shape index (κ2) is 6.86. The largest absolute Gasteiger partial charge is 0.441 e. The molecular weight excluding hydrogens is 279 g/mol. The lowest BCUT2D eigenvalue weighted by Crippen LogP contribution is -2.23. The summed E-state index contributed by atoms with van der Waals surface area (Å²) in [4.78, 5) is 4.18. The van der Waals surface area contributed by atoms with Gasteiger partial charge in [-0.1, -0.05) is 25.4 Å². The average Bonchev–Trinajstić information content (AvgIpc) is 2.86. The summed E-state index contributed by atoms with van der Waals surface area (Å²) in [5.41, 5.74) is 0.344. The third-order valence-electron chi connectivity index (χ3n) is 2.87. The number of halogens is 2. The molecule has 0 saturated heterocycles. The number of aromatic nitrogens is 1. The Morgan fingerprint density at radius 1 is 1.40 bits per heavy atom. The van der Waals surface area contributed by atoms with E-state index in [2.05, 4.69) is 24.1 Å². The minimum Gasteiger partial charge on any atom is -0.441 e. The topological polar surface area (TPSA) is 38.1 Å². The molecule has 0 saturated carbocycles. The lowest BCUT2D eigenvalue weighted by Gasteiger charge is -2.06. The highest BCUT2D eigenvalue weighted by molar-refractivity contribution is 6.30. The Bertz CT molecular complexity index is 569. The van der Waals surface area contributed by atoms with Crippen LogP contribution < -0.4 is 5.32 Å². The molecular formula is C15H18ClFN2O. The van der Waals surface area contributed by atoms with Gasteiger partial charge in [0.2, 0.25) is 0 Å². The van der Waals surface area contributed by atoms with E-state index in [4.69, 9.17) is 16.0 Å². The van der Waals surface area contributed by atoms with Gasteiger partial charge in [0, 0.05) is 17.5 Å². The SMILES string of the molecule is CC(C)NCCCc1ncc(-c2cc(Cl)ccc2F)o1. The first-order valence-corrected chi connectivity index (χ1v) is 7.07. The van der Waals surface area contributed by atoms with E-state index in [9.17, 15) is 4.39 Å². The van der Waals surface area contributed by atoms with Gasteiger partial charge < -0.3 is 9.73 Å². The minimum absolute atomic E-state index is 0.344. The summed E-state index contributed by atoms with van der Waals surface area (Å²) in [6.45, 7) is 5.11. The number of rotatable bonds is 6. The van der Waals surface area contributed by atoms with Crippen LogP contribution in [0.2, 0.25) is 5.02 Å². The highest BCUT2D eigenvalue weighted by atomic mass is 35.5. The molecule has 1 heterocycles. The molecule has 0 amide bonds. The summed E-state index contributed by atoms with van der Waals surface area (Å²) in [5.74, 6) is 0.667. The Morgan fingerprint density at radius 3 is 2.95 bits per heavy atom. The fourth-order valence-electron chi connectivity index (χ4n) is 1.87. The van der Waals surface area contributed by atoms with Gasteiger partial charge in [-0.2, -0.15) is 0 Å². The van der Waals surface area contributed by atoms with Crippen molar-refractivity contribution in [3.63, 3.8) is 0 Å². The van der Waals surface area contributed by atoms with Gasteiger partial charge in [0.05, 0.1) is 11.8 Å². The van der Waals surface area contributed by atoms with Crippen LogP contribution in [-0.2, 0) is 6.42 Å². The Balaban J connectivity index is 2.00. The average molecular weight is 297 g/mol. The molecule has 0 radical (unpaired) electrons. The summed E-state index contributed by atoms with van der Waals surface area (Å²) in [6.07, 6.45) is 3.19.